The van der Waals surface area contributed by atoms with E-state index in [1.54, 1.807) is 0 Å². The number of aromatic carboxylic acids is 1. The molecule has 0 radical (unpaired) electrons. The molecular weight excluding hydrogens is 482 g/mol. The Morgan fingerprint density at radius 1 is 1.03 bits per heavy atom. The SMILES string of the molecule is CCCCc1nc(Cl)c(-c2[nH]nnc2C(=O)O)n1Cc1ccc(-c2ccccc2-c2nnn[nH]2)cc1. The Balaban J connectivity index is 1.51. The number of nitrogens with zero attached hydrogens (tertiary/aromatic N) is 7. The number of benzene rings is 2. The van der Waals surface area contributed by atoms with Crippen molar-refractivity contribution in [1.82, 2.24) is 45.6 Å². The largest absolute Gasteiger partial charge is 0.476 e. The molecule has 0 aliphatic carbocycles. The van der Waals surface area contributed by atoms with E-state index in [1.807, 2.05) is 53.1 Å². The summed E-state index contributed by atoms with van der Waals surface area (Å²) in [6, 6.07) is 16.0. The van der Waals surface area contributed by atoms with Crippen molar-refractivity contribution in [3.8, 4) is 33.9 Å². The molecule has 3 N–H and O–H groups in total. The number of aryl methyl sites for hydroxylation is 1. The van der Waals surface area contributed by atoms with Crippen LogP contribution < -0.4 is 0 Å². The highest BCUT2D eigenvalue weighted by Gasteiger charge is 2.25. The van der Waals surface area contributed by atoms with E-state index in [0.717, 1.165) is 40.9 Å². The zero-order valence-electron chi connectivity index (χ0n) is 19.3. The Bertz CT molecular complexity index is 1490. The molecule has 0 fully saturated rings. The smallest absolute Gasteiger partial charge is 0.358 e. The average molecular weight is 504 g/mol. The monoisotopic (exact) mass is 503 g/mol. The minimum absolute atomic E-state index is 0.200. The molecule has 0 unspecified atom stereocenters. The Morgan fingerprint density at radius 2 is 1.81 bits per heavy atom. The first-order chi connectivity index (χ1) is 17.6. The van der Waals surface area contributed by atoms with Gasteiger partial charge in [0.15, 0.2) is 16.7 Å². The fourth-order valence-electron chi connectivity index (χ4n) is 4.13. The maximum absolute atomic E-state index is 11.7. The maximum atomic E-state index is 11.7. The first kappa shape index (κ1) is 23.4. The van der Waals surface area contributed by atoms with Crippen molar-refractivity contribution in [2.75, 3.05) is 0 Å². The standard InChI is InChI=1S/C24H22ClN9O2/c1-2-3-8-18-26-22(25)21(19-20(24(35)36)28-31-27-19)34(18)13-14-9-11-15(12-10-14)16-6-4-5-7-17(16)23-29-32-33-30-23/h4-7,9-12H,2-3,8,13H2,1H3,(H,35,36)(H,27,28,31)(H,29,30,32,33). The van der Waals surface area contributed by atoms with Gasteiger partial charge in [-0.1, -0.05) is 78.7 Å². The summed E-state index contributed by atoms with van der Waals surface area (Å²) < 4.78 is 1.93. The molecule has 3 aromatic heterocycles. The molecule has 0 atom stereocenters. The second-order valence-corrected chi connectivity index (χ2v) is 8.55. The van der Waals surface area contributed by atoms with Gasteiger partial charge in [0.25, 0.3) is 0 Å². The second kappa shape index (κ2) is 10.1. The van der Waals surface area contributed by atoms with Crippen LogP contribution in [0, 0.1) is 0 Å². The number of hydrogen-bond donors (Lipinski definition) is 3. The number of unbranched alkanes of at least 4 members (excludes halogenated alkanes) is 1. The van der Waals surface area contributed by atoms with Crippen LogP contribution in [-0.2, 0) is 13.0 Å². The molecule has 0 saturated heterocycles. The molecule has 12 heteroatoms. The van der Waals surface area contributed by atoms with E-state index < -0.39 is 5.97 Å². The van der Waals surface area contributed by atoms with E-state index in [-0.39, 0.29) is 16.5 Å². The molecule has 11 nitrogen and oxygen atoms in total. The number of H-pyrrole nitrogens is 2. The summed E-state index contributed by atoms with van der Waals surface area (Å²) in [5.74, 6) is 0.174. The zero-order valence-corrected chi connectivity index (χ0v) is 20.1. The topological polar surface area (TPSA) is 151 Å². The lowest BCUT2D eigenvalue weighted by atomic mass is 9.98. The van der Waals surface area contributed by atoms with Crippen molar-refractivity contribution >= 4 is 17.6 Å². The minimum Gasteiger partial charge on any atom is -0.476 e. The lowest BCUT2D eigenvalue weighted by Gasteiger charge is -2.13. The number of rotatable bonds is 9. The summed E-state index contributed by atoms with van der Waals surface area (Å²) >= 11 is 6.52. The van der Waals surface area contributed by atoms with E-state index in [2.05, 4.69) is 47.9 Å². The number of aromatic amines is 2. The van der Waals surface area contributed by atoms with Crippen molar-refractivity contribution in [3.63, 3.8) is 0 Å². The number of aromatic nitrogens is 9. The van der Waals surface area contributed by atoms with E-state index in [9.17, 15) is 9.90 Å². The summed E-state index contributed by atoms with van der Waals surface area (Å²) in [7, 11) is 0. The van der Waals surface area contributed by atoms with Crippen LogP contribution >= 0.6 is 11.6 Å². The van der Waals surface area contributed by atoms with Gasteiger partial charge < -0.3 is 9.67 Å². The van der Waals surface area contributed by atoms with Gasteiger partial charge in [-0.2, -0.15) is 0 Å². The van der Waals surface area contributed by atoms with E-state index in [4.69, 9.17) is 11.6 Å². The van der Waals surface area contributed by atoms with Gasteiger partial charge in [-0.25, -0.2) is 14.9 Å². The molecule has 2 aromatic carbocycles. The highest BCUT2D eigenvalue weighted by molar-refractivity contribution is 6.32. The van der Waals surface area contributed by atoms with Crippen LogP contribution in [0.1, 0.15) is 41.6 Å². The number of halogens is 1. The van der Waals surface area contributed by atoms with Gasteiger partial charge in [0.2, 0.25) is 0 Å². The van der Waals surface area contributed by atoms with Gasteiger partial charge in [0.1, 0.15) is 17.2 Å². The van der Waals surface area contributed by atoms with Crippen molar-refractivity contribution in [1.29, 1.82) is 0 Å². The van der Waals surface area contributed by atoms with Gasteiger partial charge in [0.05, 0.1) is 0 Å². The van der Waals surface area contributed by atoms with Gasteiger partial charge in [-0.3, -0.25) is 5.10 Å². The first-order valence-corrected chi connectivity index (χ1v) is 11.8. The number of hydrogen-bond acceptors (Lipinski definition) is 7. The Hall–Kier alpha value is -4.38. The molecule has 3 heterocycles. The fraction of sp³-hybridized carbons (Fsp3) is 0.208. The highest BCUT2D eigenvalue weighted by atomic mass is 35.5. The van der Waals surface area contributed by atoms with Crippen LogP contribution in [0.15, 0.2) is 48.5 Å². The van der Waals surface area contributed by atoms with Crippen LogP contribution in [0.4, 0.5) is 0 Å². The molecule has 5 rings (SSSR count). The van der Waals surface area contributed by atoms with Crippen LogP contribution in [0.5, 0.6) is 0 Å². The molecule has 182 valence electrons. The maximum Gasteiger partial charge on any atom is 0.358 e. The normalized spacial score (nSPS) is 11.2. The third-order valence-corrected chi connectivity index (χ3v) is 6.14. The predicted octanol–water partition coefficient (Wildman–Crippen LogP) is 4.26. The van der Waals surface area contributed by atoms with Crippen molar-refractivity contribution in [3.05, 3.63) is 70.8 Å². The lowest BCUT2D eigenvalue weighted by Crippen LogP contribution is -2.09. The summed E-state index contributed by atoms with van der Waals surface area (Å²) in [5, 5.41) is 34.1. The molecule has 0 spiro atoms. The third-order valence-electron chi connectivity index (χ3n) is 5.88. The van der Waals surface area contributed by atoms with Gasteiger partial charge in [-0.05, 0) is 33.5 Å². The number of carboxylic acids is 1. The van der Waals surface area contributed by atoms with Gasteiger partial charge in [-0.15, -0.1) is 10.2 Å². The molecule has 0 aliphatic rings. The fourth-order valence-corrected chi connectivity index (χ4v) is 4.42. The molecule has 5 aromatic rings. The predicted molar refractivity (Wildman–Crippen MR) is 132 cm³/mol. The Kier molecular flexibility index (Phi) is 6.54. The summed E-state index contributed by atoms with van der Waals surface area (Å²) in [6.45, 7) is 2.54. The van der Waals surface area contributed by atoms with Crippen molar-refractivity contribution < 1.29 is 9.90 Å². The first-order valence-electron chi connectivity index (χ1n) is 11.4. The van der Waals surface area contributed by atoms with Crippen LogP contribution in [0.3, 0.4) is 0 Å². The number of nitrogens with one attached hydrogen (secondary N) is 2. The zero-order chi connectivity index (χ0) is 25.1. The van der Waals surface area contributed by atoms with Crippen LogP contribution in [0.2, 0.25) is 5.15 Å². The number of tetrazole rings is 1. The van der Waals surface area contributed by atoms with E-state index >= 15 is 0 Å². The van der Waals surface area contributed by atoms with Crippen molar-refractivity contribution in [2.24, 2.45) is 0 Å². The van der Waals surface area contributed by atoms with Crippen LogP contribution in [-0.4, -0.2) is 56.7 Å². The van der Waals surface area contributed by atoms with Crippen LogP contribution in [0.25, 0.3) is 33.9 Å². The number of carbonyl (C=O) groups is 1. The second-order valence-electron chi connectivity index (χ2n) is 8.19. The third kappa shape index (κ3) is 4.48. The summed E-state index contributed by atoms with van der Waals surface area (Å²) in [4.78, 5) is 16.2. The Morgan fingerprint density at radius 3 is 2.50 bits per heavy atom. The van der Waals surface area contributed by atoms with Gasteiger partial charge in [0, 0.05) is 18.5 Å². The molecule has 0 saturated carbocycles. The lowest BCUT2D eigenvalue weighted by molar-refractivity contribution is 0.0691. The summed E-state index contributed by atoms with van der Waals surface area (Å²) in [6.07, 6.45) is 2.61. The molecule has 0 aliphatic heterocycles. The van der Waals surface area contributed by atoms with Crippen molar-refractivity contribution in [2.45, 2.75) is 32.7 Å². The quantitative estimate of drug-likeness (QED) is 0.270. The molecular formula is C24H22ClN9O2. The van der Waals surface area contributed by atoms with E-state index in [1.165, 1.54) is 0 Å². The number of imidazole rings is 1. The summed E-state index contributed by atoms with van der Waals surface area (Å²) in [5.41, 5.74) is 4.38. The highest BCUT2D eigenvalue weighted by Crippen LogP contribution is 2.32. The van der Waals surface area contributed by atoms with Gasteiger partial charge >= 0.3 is 5.97 Å². The molecule has 36 heavy (non-hydrogen) atoms. The molecule has 0 amide bonds. The average Bonchev–Trinajstić information content (AvgIpc) is 3.64. The van der Waals surface area contributed by atoms with E-state index in [0.29, 0.717) is 24.5 Å². The molecule has 0 bridgehead atoms. The minimum atomic E-state index is -1.19. The number of carboxylic acid groups (broad SMARTS) is 1. The Labute approximate surface area is 210 Å².